The molecule has 0 radical (unpaired) electrons. The maximum atomic E-state index is 11.8. The van der Waals surface area contributed by atoms with Gasteiger partial charge in [-0.25, -0.2) is 4.79 Å². The fourth-order valence-corrected chi connectivity index (χ4v) is 1.64. The first-order chi connectivity index (χ1) is 7.79. The predicted molar refractivity (Wildman–Crippen MR) is 56.0 cm³/mol. The van der Waals surface area contributed by atoms with Gasteiger partial charge in [0.15, 0.2) is 0 Å². The van der Waals surface area contributed by atoms with Gasteiger partial charge in [-0.1, -0.05) is 0 Å². The van der Waals surface area contributed by atoms with Crippen molar-refractivity contribution < 1.29 is 27.8 Å². The van der Waals surface area contributed by atoms with Crippen LogP contribution in [0.5, 0.6) is 0 Å². The predicted octanol–water partition coefficient (Wildman–Crippen LogP) is 2.53. The van der Waals surface area contributed by atoms with Gasteiger partial charge in [-0.2, -0.15) is 13.2 Å². The molecule has 0 saturated heterocycles. The summed E-state index contributed by atoms with van der Waals surface area (Å²) in [7, 11) is 0. The van der Waals surface area contributed by atoms with Crippen LogP contribution < -0.4 is 0 Å². The number of nitrogens with zero attached hydrogens (tertiary/aromatic N) is 1. The Morgan fingerprint density at radius 3 is 2.65 bits per heavy atom. The highest BCUT2D eigenvalue weighted by Crippen LogP contribution is 2.16. The zero-order chi connectivity index (χ0) is 13.1. The Kier molecular flexibility index (Phi) is 4.58. The Balaban J connectivity index is 2.44. The molecule has 0 aromatic carbocycles. The number of rotatable bonds is 5. The number of aromatic nitrogens is 1. The zero-order valence-electron chi connectivity index (χ0n) is 8.50. The average molecular weight is 316 g/mol. The molecule has 0 aliphatic carbocycles. The molecule has 0 aliphatic rings. The second kappa shape index (κ2) is 5.54. The molecule has 0 unspecified atom stereocenters. The molecule has 0 fully saturated rings. The number of carboxylic acids is 1. The minimum atomic E-state index is -4.35. The lowest BCUT2D eigenvalue weighted by Gasteiger charge is -2.08. The van der Waals surface area contributed by atoms with E-state index in [-0.39, 0.29) is 18.7 Å². The molecule has 1 heterocycles. The number of hydrogen-bond donors (Lipinski definition) is 1. The van der Waals surface area contributed by atoms with Gasteiger partial charge < -0.3 is 14.4 Å². The molecule has 1 aromatic rings. The third-order valence-corrected chi connectivity index (χ3v) is 2.52. The molecule has 96 valence electrons. The molecule has 0 aliphatic heterocycles. The molecular formula is C9H9BrF3NO3. The molecule has 0 bridgehead atoms. The highest BCUT2D eigenvalue weighted by molar-refractivity contribution is 9.10. The monoisotopic (exact) mass is 315 g/mol. The lowest BCUT2D eigenvalue weighted by molar-refractivity contribution is -0.174. The summed E-state index contributed by atoms with van der Waals surface area (Å²) in [4.78, 5) is 10.6. The number of carbonyl (C=O) groups is 1. The van der Waals surface area contributed by atoms with Crippen molar-refractivity contribution in [3.63, 3.8) is 0 Å². The summed E-state index contributed by atoms with van der Waals surface area (Å²) in [6.07, 6.45) is -3.02. The van der Waals surface area contributed by atoms with Gasteiger partial charge in [-0.3, -0.25) is 0 Å². The highest BCUT2D eigenvalue weighted by Gasteiger charge is 2.27. The Hall–Kier alpha value is -1.02. The van der Waals surface area contributed by atoms with E-state index >= 15 is 0 Å². The van der Waals surface area contributed by atoms with Gasteiger partial charge in [0.2, 0.25) is 0 Å². The third-order valence-electron chi connectivity index (χ3n) is 1.83. The minimum Gasteiger partial charge on any atom is -0.478 e. The topological polar surface area (TPSA) is 51.5 Å². The SMILES string of the molecule is O=C(O)c1cc(Br)n(CCOCC(F)(F)F)c1. The van der Waals surface area contributed by atoms with Gasteiger partial charge in [0.1, 0.15) is 6.61 Å². The molecule has 1 aromatic heterocycles. The van der Waals surface area contributed by atoms with Crippen molar-refractivity contribution in [1.82, 2.24) is 4.57 Å². The average Bonchev–Trinajstić information content (AvgIpc) is 2.54. The van der Waals surface area contributed by atoms with Gasteiger partial charge in [0.25, 0.3) is 0 Å². The summed E-state index contributed by atoms with van der Waals surface area (Å²) in [5.41, 5.74) is 0.0627. The van der Waals surface area contributed by atoms with Crippen LogP contribution in [0.3, 0.4) is 0 Å². The van der Waals surface area contributed by atoms with E-state index < -0.39 is 18.8 Å². The Morgan fingerprint density at radius 1 is 1.53 bits per heavy atom. The molecule has 0 saturated carbocycles. The van der Waals surface area contributed by atoms with E-state index in [0.717, 1.165) is 0 Å². The van der Waals surface area contributed by atoms with Crippen LogP contribution in [-0.2, 0) is 11.3 Å². The van der Waals surface area contributed by atoms with Crippen LogP contribution in [0, 0.1) is 0 Å². The molecule has 1 N–H and O–H groups in total. The first-order valence-electron chi connectivity index (χ1n) is 4.53. The number of halogens is 4. The van der Waals surface area contributed by atoms with Crippen molar-refractivity contribution in [2.24, 2.45) is 0 Å². The summed E-state index contributed by atoms with van der Waals surface area (Å²) < 4.78 is 41.6. The Labute approximate surface area is 103 Å². The quantitative estimate of drug-likeness (QED) is 0.849. The summed E-state index contributed by atoms with van der Waals surface area (Å²) in [6.45, 7) is -1.31. The number of carboxylic acid groups (broad SMARTS) is 1. The van der Waals surface area contributed by atoms with Crippen molar-refractivity contribution in [2.75, 3.05) is 13.2 Å². The second-order valence-electron chi connectivity index (χ2n) is 3.22. The molecule has 17 heavy (non-hydrogen) atoms. The first kappa shape index (κ1) is 14.0. The second-order valence-corrected chi connectivity index (χ2v) is 4.03. The molecular weight excluding hydrogens is 307 g/mol. The van der Waals surface area contributed by atoms with Gasteiger partial charge in [-0.05, 0) is 22.0 Å². The van der Waals surface area contributed by atoms with Gasteiger partial charge in [0, 0.05) is 12.7 Å². The van der Waals surface area contributed by atoms with Crippen LogP contribution in [-0.4, -0.2) is 35.0 Å². The van der Waals surface area contributed by atoms with E-state index in [1.165, 1.54) is 16.8 Å². The summed E-state index contributed by atoms with van der Waals surface area (Å²) in [5.74, 6) is -1.10. The number of alkyl halides is 3. The summed E-state index contributed by atoms with van der Waals surface area (Å²) in [6, 6.07) is 1.37. The van der Waals surface area contributed by atoms with Crippen LogP contribution in [0.4, 0.5) is 13.2 Å². The van der Waals surface area contributed by atoms with E-state index in [1.54, 1.807) is 0 Å². The fraction of sp³-hybridized carbons (Fsp3) is 0.444. The fourth-order valence-electron chi connectivity index (χ4n) is 1.12. The van der Waals surface area contributed by atoms with E-state index in [9.17, 15) is 18.0 Å². The lowest BCUT2D eigenvalue weighted by Crippen LogP contribution is -2.18. The van der Waals surface area contributed by atoms with Crippen LogP contribution >= 0.6 is 15.9 Å². The molecule has 0 spiro atoms. The summed E-state index contributed by atoms with van der Waals surface area (Å²) >= 11 is 3.10. The summed E-state index contributed by atoms with van der Waals surface area (Å²) in [5, 5.41) is 8.69. The maximum Gasteiger partial charge on any atom is 0.411 e. The third kappa shape index (κ3) is 4.78. The highest BCUT2D eigenvalue weighted by atomic mass is 79.9. The lowest BCUT2D eigenvalue weighted by atomic mass is 10.4. The number of ether oxygens (including phenoxy) is 1. The Morgan fingerprint density at radius 2 is 2.18 bits per heavy atom. The van der Waals surface area contributed by atoms with Crippen LogP contribution in [0.1, 0.15) is 10.4 Å². The molecule has 0 atom stereocenters. The standard InChI is InChI=1S/C9H9BrF3NO3/c10-7-3-6(8(15)16)4-14(7)1-2-17-5-9(11,12)13/h3-4H,1-2,5H2,(H,15,16). The van der Waals surface area contributed by atoms with Crippen molar-refractivity contribution in [3.05, 3.63) is 22.4 Å². The maximum absolute atomic E-state index is 11.8. The van der Waals surface area contributed by atoms with Gasteiger partial charge in [-0.15, -0.1) is 0 Å². The van der Waals surface area contributed by atoms with Crippen LogP contribution in [0.25, 0.3) is 0 Å². The van der Waals surface area contributed by atoms with Crippen molar-refractivity contribution >= 4 is 21.9 Å². The van der Waals surface area contributed by atoms with E-state index in [2.05, 4.69) is 20.7 Å². The molecule has 0 amide bonds. The number of aromatic carboxylic acids is 1. The van der Waals surface area contributed by atoms with Gasteiger partial charge in [0.05, 0.1) is 16.8 Å². The number of hydrogen-bond acceptors (Lipinski definition) is 2. The normalized spacial score (nSPS) is 11.8. The van der Waals surface area contributed by atoms with Crippen molar-refractivity contribution in [3.8, 4) is 0 Å². The molecule has 1 rings (SSSR count). The zero-order valence-corrected chi connectivity index (χ0v) is 10.1. The van der Waals surface area contributed by atoms with E-state index in [4.69, 9.17) is 5.11 Å². The van der Waals surface area contributed by atoms with E-state index in [0.29, 0.717) is 4.60 Å². The van der Waals surface area contributed by atoms with Crippen LogP contribution in [0.15, 0.2) is 16.9 Å². The Bertz CT molecular complexity index is 403. The van der Waals surface area contributed by atoms with Crippen molar-refractivity contribution in [1.29, 1.82) is 0 Å². The minimum absolute atomic E-state index is 0.0627. The van der Waals surface area contributed by atoms with Crippen molar-refractivity contribution in [2.45, 2.75) is 12.7 Å². The smallest absolute Gasteiger partial charge is 0.411 e. The van der Waals surface area contributed by atoms with E-state index in [1.807, 2.05) is 0 Å². The molecule has 8 heteroatoms. The molecule has 4 nitrogen and oxygen atoms in total. The largest absolute Gasteiger partial charge is 0.478 e. The van der Waals surface area contributed by atoms with Gasteiger partial charge >= 0.3 is 12.1 Å². The van der Waals surface area contributed by atoms with Crippen LogP contribution in [0.2, 0.25) is 0 Å². The first-order valence-corrected chi connectivity index (χ1v) is 5.32.